The van der Waals surface area contributed by atoms with Gasteiger partial charge in [-0.1, -0.05) is 17.7 Å². The molecule has 3 heteroatoms. The molecule has 0 saturated carbocycles. The van der Waals surface area contributed by atoms with Crippen molar-refractivity contribution >= 4 is 5.91 Å². The van der Waals surface area contributed by atoms with Gasteiger partial charge in [-0.05, 0) is 38.4 Å². The van der Waals surface area contributed by atoms with Crippen LogP contribution >= 0.6 is 0 Å². The van der Waals surface area contributed by atoms with E-state index in [2.05, 4.69) is 5.32 Å². The molecule has 3 nitrogen and oxygen atoms in total. The molecule has 3 N–H and O–H groups in total. The third-order valence-electron chi connectivity index (χ3n) is 2.20. The zero-order valence-corrected chi connectivity index (χ0v) is 9.12. The Balaban J connectivity index is 2.40. The Labute approximate surface area is 90.7 Å². The maximum absolute atomic E-state index is 11.6. The van der Waals surface area contributed by atoms with Gasteiger partial charge in [0.15, 0.2) is 0 Å². The SMILES string of the molecule is Cc1cccc(C(=O)NCCCCN)c1. The highest BCUT2D eigenvalue weighted by molar-refractivity contribution is 5.94. The van der Waals surface area contributed by atoms with E-state index >= 15 is 0 Å². The zero-order chi connectivity index (χ0) is 11.1. The van der Waals surface area contributed by atoms with Crippen LogP contribution in [0, 0.1) is 6.92 Å². The predicted octanol–water partition coefficient (Wildman–Crippen LogP) is 1.46. The Bertz CT molecular complexity index is 323. The van der Waals surface area contributed by atoms with E-state index in [9.17, 15) is 4.79 Å². The van der Waals surface area contributed by atoms with Crippen molar-refractivity contribution in [2.45, 2.75) is 19.8 Å². The van der Waals surface area contributed by atoms with E-state index in [0.29, 0.717) is 13.1 Å². The molecule has 0 aromatic heterocycles. The van der Waals surface area contributed by atoms with Crippen molar-refractivity contribution in [1.29, 1.82) is 0 Å². The van der Waals surface area contributed by atoms with Crippen molar-refractivity contribution in [2.75, 3.05) is 13.1 Å². The number of carbonyl (C=O) groups is 1. The van der Waals surface area contributed by atoms with Gasteiger partial charge in [-0.2, -0.15) is 0 Å². The summed E-state index contributed by atoms with van der Waals surface area (Å²) < 4.78 is 0. The summed E-state index contributed by atoms with van der Waals surface area (Å²) in [4.78, 5) is 11.6. The number of nitrogens with two attached hydrogens (primary N) is 1. The summed E-state index contributed by atoms with van der Waals surface area (Å²) in [5.74, 6) is -0.00396. The lowest BCUT2D eigenvalue weighted by Crippen LogP contribution is -2.24. The molecule has 1 aromatic carbocycles. The first-order valence-corrected chi connectivity index (χ1v) is 5.29. The molecule has 82 valence electrons. The maximum atomic E-state index is 11.6. The van der Waals surface area contributed by atoms with Crippen LogP contribution in [0.2, 0.25) is 0 Å². The van der Waals surface area contributed by atoms with Gasteiger partial charge in [-0.25, -0.2) is 0 Å². The normalized spacial score (nSPS) is 10.0. The Morgan fingerprint density at radius 2 is 2.20 bits per heavy atom. The van der Waals surface area contributed by atoms with Crippen LogP contribution in [0.25, 0.3) is 0 Å². The van der Waals surface area contributed by atoms with E-state index in [-0.39, 0.29) is 5.91 Å². The molecule has 0 heterocycles. The molecule has 0 atom stereocenters. The molecular weight excluding hydrogens is 188 g/mol. The van der Waals surface area contributed by atoms with Crippen molar-refractivity contribution in [2.24, 2.45) is 5.73 Å². The average molecular weight is 206 g/mol. The lowest BCUT2D eigenvalue weighted by molar-refractivity contribution is 0.0953. The molecule has 15 heavy (non-hydrogen) atoms. The monoisotopic (exact) mass is 206 g/mol. The van der Waals surface area contributed by atoms with Crippen LogP contribution in [0.5, 0.6) is 0 Å². The first-order valence-electron chi connectivity index (χ1n) is 5.29. The summed E-state index contributed by atoms with van der Waals surface area (Å²) in [5.41, 5.74) is 7.19. The molecule has 0 aliphatic carbocycles. The summed E-state index contributed by atoms with van der Waals surface area (Å²) in [6.45, 7) is 3.36. The molecule has 0 bridgehead atoms. The quantitative estimate of drug-likeness (QED) is 0.717. The Hall–Kier alpha value is -1.35. The van der Waals surface area contributed by atoms with Gasteiger partial charge in [-0.3, -0.25) is 4.79 Å². The minimum Gasteiger partial charge on any atom is -0.352 e. The number of carbonyl (C=O) groups excluding carboxylic acids is 1. The van der Waals surface area contributed by atoms with Crippen LogP contribution in [-0.4, -0.2) is 19.0 Å². The highest BCUT2D eigenvalue weighted by atomic mass is 16.1. The summed E-state index contributed by atoms with van der Waals surface area (Å²) in [7, 11) is 0. The molecule has 0 fully saturated rings. The number of unbranched alkanes of at least 4 members (excludes halogenated alkanes) is 1. The molecule has 0 saturated heterocycles. The fraction of sp³-hybridized carbons (Fsp3) is 0.417. The van der Waals surface area contributed by atoms with Crippen molar-refractivity contribution in [1.82, 2.24) is 5.32 Å². The van der Waals surface area contributed by atoms with E-state index < -0.39 is 0 Å². The van der Waals surface area contributed by atoms with E-state index in [4.69, 9.17) is 5.73 Å². The van der Waals surface area contributed by atoms with Crippen LogP contribution in [0.4, 0.5) is 0 Å². The van der Waals surface area contributed by atoms with Gasteiger partial charge in [0, 0.05) is 12.1 Å². The number of aryl methyl sites for hydroxylation is 1. The number of hydrogen-bond acceptors (Lipinski definition) is 2. The third kappa shape index (κ3) is 4.13. The molecule has 1 rings (SSSR count). The molecule has 0 spiro atoms. The third-order valence-corrected chi connectivity index (χ3v) is 2.20. The predicted molar refractivity (Wildman–Crippen MR) is 61.8 cm³/mol. The van der Waals surface area contributed by atoms with Crippen molar-refractivity contribution in [3.05, 3.63) is 35.4 Å². The summed E-state index contributed by atoms with van der Waals surface area (Å²) in [6.07, 6.45) is 1.89. The number of hydrogen-bond donors (Lipinski definition) is 2. The van der Waals surface area contributed by atoms with E-state index in [1.54, 1.807) is 0 Å². The molecule has 1 amide bonds. The van der Waals surface area contributed by atoms with Gasteiger partial charge in [0.25, 0.3) is 5.91 Å². The molecule has 1 aromatic rings. The zero-order valence-electron chi connectivity index (χ0n) is 9.12. The van der Waals surface area contributed by atoms with E-state index in [1.807, 2.05) is 31.2 Å². The van der Waals surface area contributed by atoms with Gasteiger partial charge in [0.1, 0.15) is 0 Å². The Morgan fingerprint density at radius 3 is 2.87 bits per heavy atom. The lowest BCUT2D eigenvalue weighted by atomic mass is 10.1. The molecule has 0 aliphatic rings. The first kappa shape index (κ1) is 11.7. The summed E-state index contributed by atoms with van der Waals surface area (Å²) >= 11 is 0. The topological polar surface area (TPSA) is 55.1 Å². The molecule has 0 aliphatic heterocycles. The highest BCUT2D eigenvalue weighted by Gasteiger charge is 2.03. The summed E-state index contributed by atoms with van der Waals surface area (Å²) in [5, 5.41) is 2.87. The van der Waals surface area contributed by atoms with Crippen LogP contribution in [0.3, 0.4) is 0 Å². The molecule has 0 radical (unpaired) electrons. The second-order valence-corrected chi connectivity index (χ2v) is 3.62. The lowest BCUT2D eigenvalue weighted by Gasteiger charge is -2.05. The summed E-state index contributed by atoms with van der Waals surface area (Å²) in [6, 6.07) is 7.58. The average Bonchev–Trinajstić information content (AvgIpc) is 2.24. The van der Waals surface area contributed by atoms with Crippen LogP contribution < -0.4 is 11.1 Å². The Morgan fingerprint density at radius 1 is 1.40 bits per heavy atom. The largest absolute Gasteiger partial charge is 0.352 e. The van der Waals surface area contributed by atoms with Gasteiger partial charge in [0.05, 0.1) is 0 Å². The number of nitrogens with one attached hydrogen (secondary N) is 1. The number of benzene rings is 1. The fourth-order valence-electron chi connectivity index (χ4n) is 1.36. The van der Waals surface area contributed by atoms with Crippen LogP contribution in [0.1, 0.15) is 28.8 Å². The fourth-order valence-corrected chi connectivity index (χ4v) is 1.36. The maximum Gasteiger partial charge on any atom is 0.251 e. The van der Waals surface area contributed by atoms with Crippen molar-refractivity contribution in [3.63, 3.8) is 0 Å². The van der Waals surface area contributed by atoms with Gasteiger partial charge in [-0.15, -0.1) is 0 Å². The van der Waals surface area contributed by atoms with Gasteiger partial charge >= 0.3 is 0 Å². The minimum absolute atomic E-state index is 0.00396. The molecule has 0 unspecified atom stereocenters. The van der Waals surface area contributed by atoms with E-state index in [0.717, 1.165) is 24.0 Å². The standard InChI is InChI=1S/C12H18N2O/c1-10-5-4-6-11(9-10)12(15)14-8-3-2-7-13/h4-6,9H,2-3,7-8,13H2,1H3,(H,14,15). The van der Waals surface area contributed by atoms with Crippen molar-refractivity contribution in [3.8, 4) is 0 Å². The van der Waals surface area contributed by atoms with Crippen LogP contribution in [-0.2, 0) is 0 Å². The second-order valence-electron chi connectivity index (χ2n) is 3.62. The van der Waals surface area contributed by atoms with Crippen LogP contribution in [0.15, 0.2) is 24.3 Å². The number of amides is 1. The molecular formula is C12H18N2O. The first-order chi connectivity index (χ1) is 7.24. The van der Waals surface area contributed by atoms with E-state index in [1.165, 1.54) is 0 Å². The second kappa shape index (κ2) is 6.19. The van der Waals surface area contributed by atoms with Gasteiger partial charge < -0.3 is 11.1 Å². The minimum atomic E-state index is -0.00396. The van der Waals surface area contributed by atoms with Gasteiger partial charge in [0.2, 0.25) is 0 Å². The highest BCUT2D eigenvalue weighted by Crippen LogP contribution is 2.03. The smallest absolute Gasteiger partial charge is 0.251 e. The Kier molecular flexibility index (Phi) is 4.84. The number of rotatable bonds is 5. The van der Waals surface area contributed by atoms with Crippen molar-refractivity contribution < 1.29 is 4.79 Å².